The second-order valence-electron chi connectivity index (χ2n) is 3.92. The Morgan fingerprint density at radius 2 is 1.60 bits per heavy atom. The molecule has 0 amide bonds. The van der Waals surface area contributed by atoms with E-state index in [1.165, 1.54) is 18.2 Å². The zero-order valence-electron chi connectivity index (χ0n) is 10.2. The van der Waals surface area contributed by atoms with E-state index in [0.717, 1.165) is 0 Å². The number of nitrogens with zero attached hydrogens (tertiary/aromatic N) is 3. The number of aromatic hydroxyl groups is 2. The molecule has 2 N–H and O–H groups in total. The zero-order valence-corrected chi connectivity index (χ0v) is 10.2. The molecule has 0 saturated heterocycles. The van der Waals surface area contributed by atoms with Crippen LogP contribution >= 0.6 is 0 Å². The van der Waals surface area contributed by atoms with E-state index in [1.54, 1.807) is 30.3 Å². The Bertz CT molecular complexity index is 623. The normalized spacial score (nSPS) is 12.4. The molecule has 2 aromatic carbocycles. The second kappa shape index (κ2) is 5.79. The largest absolute Gasteiger partial charge is 0.507 e. The molecule has 0 saturated carbocycles. The molecule has 2 aromatic rings. The van der Waals surface area contributed by atoms with Crippen molar-refractivity contribution in [2.45, 2.75) is 6.17 Å². The third-order valence-corrected chi connectivity index (χ3v) is 2.56. The second-order valence-corrected chi connectivity index (χ2v) is 3.92. The van der Waals surface area contributed by atoms with Crippen molar-refractivity contribution in [3.05, 3.63) is 64.2 Å². The van der Waals surface area contributed by atoms with Gasteiger partial charge in [0.1, 0.15) is 17.1 Å². The first-order valence-electron chi connectivity index (χ1n) is 5.70. The molecule has 20 heavy (non-hydrogen) atoms. The van der Waals surface area contributed by atoms with Crippen LogP contribution in [-0.2, 0) is 0 Å². The fourth-order valence-corrected chi connectivity index (χ4v) is 1.63. The minimum absolute atomic E-state index is 0.280. The van der Waals surface area contributed by atoms with E-state index in [4.69, 9.17) is 0 Å². The van der Waals surface area contributed by atoms with Gasteiger partial charge >= 0.3 is 6.17 Å². The Labute approximate surface area is 114 Å². The lowest BCUT2D eigenvalue weighted by molar-refractivity contribution is -0.528. The van der Waals surface area contributed by atoms with E-state index in [-0.39, 0.29) is 5.56 Å². The molecule has 0 aromatic heterocycles. The van der Waals surface area contributed by atoms with Gasteiger partial charge in [0.15, 0.2) is 0 Å². The van der Waals surface area contributed by atoms with Crippen LogP contribution in [0.3, 0.4) is 0 Å². The highest BCUT2D eigenvalue weighted by Crippen LogP contribution is 2.35. The molecule has 7 nitrogen and oxygen atoms in total. The van der Waals surface area contributed by atoms with Gasteiger partial charge in [-0.15, -0.1) is 10.2 Å². The lowest BCUT2D eigenvalue weighted by Crippen LogP contribution is -2.07. The highest BCUT2D eigenvalue weighted by Gasteiger charge is 2.29. The SMILES string of the molecule is O=[N+]([O-])C(N=Nc1ccccc1)c1c(O)cccc1O. The third kappa shape index (κ3) is 2.89. The Morgan fingerprint density at radius 3 is 2.15 bits per heavy atom. The lowest BCUT2D eigenvalue weighted by atomic mass is 10.1. The summed E-state index contributed by atoms with van der Waals surface area (Å²) < 4.78 is 0. The van der Waals surface area contributed by atoms with Gasteiger partial charge in [0, 0.05) is 0 Å². The molecule has 102 valence electrons. The molecular weight excluding hydrogens is 262 g/mol. The zero-order chi connectivity index (χ0) is 14.5. The molecule has 7 heteroatoms. The molecule has 1 unspecified atom stereocenters. The fourth-order valence-electron chi connectivity index (χ4n) is 1.63. The molecule has 0 aliphatic heterocycles. The van der Waals surface area contributed by atoms with Crippen molar-refractivity contribution in [1.29, 1.82) is 0 Å². The lowest BCUT2D eigenvalue weighted by Gasteiger charge is -2.07. The van der Waals surface area contributed by atoms with E-state index in [2.05, 4.69) is 10.2 Å². The smallest absolute Gasteiger partial charge is 0.353 e. The van der Waals surface area contributed by atoms with E-state index in [9.17, 15) is 20.3 Å². The molecule has 0 heterocycles. The summed E-state index contributed by atoms with van der Waals surface area (Å²) in [5.41, 5.74) is 0.159. The van der Waals surface area contributed by atoms with Crippen LogP contribution in [0.25, 0.3) is 0 Å². The Morgan fingerprint density at radius 1 is 1.00 bits per heavy atom. The van der Waals surface area contributed by atoms with Crippen LogP contribution in [-0.4, -0.2) is 15.1 Å². The van der Waals surface area contributed by atoms with Crippen molar-refractivity contribution >= 4 is 5.69 Å². The first-order chi connectivity index (χ1) is 9.59. The third-order valence-electron chi connectivity index (χ3n) is 2.56. The predicted molar refractivity (Wildman–Crippen MR) is 70.5 cm³/mol. The summed E-state index contributed by atoms with van der Waals surface area (Å²) in [6, 6.07) is 12.3. The van der Waals surface area contributed by atoms with E-state index in [1.807, 2.05) is 0 Å². The van der Waals surface area contributed by atoms with Gasteiger partial charge in [-0.25, -0.2) is 0 Å². The number of phenolic OH excluding ortho intramolecular Hbond substituents is 2. The maximum atomic E-state index is 11.1. The number of hydrogen-bond donors (Lipinski definition) is 2. The summed E-state index contributed by atoms with van der Waals surface area (Å²) in [4.78, 5) is 10.3. The van der Waals surface area contributed by atoms with Crippen molar-refractivity contribution in [3.8, 4) is 11.5 Å². The van der Waals surface area contributed by atoms with Gasteiger partial charge < -0.3 is 10.2 Å². The van der Waals surface area contributed by atoms with Crippen LogP contribution in [0.15, 0.2) is 58.8 Å². The van der Waals surface area contributed by atoms with Crippen molar-refractivity contribution in [2.75, 3.05) is 0 Å². The van der Waals surface area contributed by atoms with Gasteiger partial charge in [0.2, 0.25) is 0 Å². The topological polar surface area (TPSA) is 108 Å². The van der Waals surface area contributed by atoms with Crippen molar-refractivity contribution in [2.24, 2.45) is 10.2 Å². The van der Waals surface area contributed by atoms with E-state index >= 15 is 0 Å². The number of benzene rings is 2. The van der Waals surface area contributed by atoms with Gasteiger partial charge in [-0.2, -0.15) is 0 Å². The Kier molecular flexibility index (Phi) is 3.90. The molecule has 0 fully saturated rings. The standard InChI is InChI=1S/C13H11N3O4/c17-10-7-4-8-11(18)12(10)13(16(19)20)15-14-9-5-2-1-3-6-9/h1-8,13,17-18H. The Hall–Kier alpha value is -2.96. The molecular formula is C13H11N3O4. The van der Waals surface area contributed by atoms with Gasteiger partial charge in [-0.1, -0.05) is 24.3 Å². The minimum Gasteiger partial charge on any atom is -0.507 e. The maximum absolute atomic E-state index is 11.1. The minimum atomic E-state index is -1.67. The van der Waals surface area contributed by atoms with E-state index in [0.29, 0.717) is 5.69 Å². The molecule has 0 radical (unpaired) electrons. The summed E-state index contributed by atoms with van der Waals surface area (Å²) in [6.45, 7) is 0. The molecule has 0 aliphatic carbocycles. The monoisotopic (exact) mass is 273 g/mol. The molecule has 0 bridgehead atoms. The van der Waals surface area contributed by atoms with Gasteiger partial charge in [0.05, 0.1) is 10.6 Å². The predicted octanol–water partition coefficient (Wildman–Crippen LogP) is 3.16. The van der Waals surface area contributed by atoms with Gasteiger partial charge in [-0.05, 0) is 24.3 Å². The maximum Gasteiger partial charge on any atom is 0.353 e. The Balaban J connectivity index is 2.38. The highest BCUT2D eigenvalue weighted by atomic mass is 16.6. The van der Waals surface area contributed by atoms with Crippen molar-refractivity contribution < 1.29 is 15.1 Å². The van der Waals surface area contributed by atoms with Crippen LogP contribution < -0.4 is 0 Å². The quantitative estimate of drug-likeness (QED) is 0.506. The number of phenols is 2. The average Bonchev–Trinajstić information content (AvgIpc) is 2.42. The van der Waals surface area contributed by atoms with Crippen LogP contribution in [0, 0.1) is 10.1 Å². The number of rotatable bonds is 4. The summed E-state index contributed by atoms with van der Waals surface area (Å²) in [6.07, 6.45) is -1.67. The number of azo groups is 1. The molecule has 0 aliphatic rings. The summed E-state index contributed by atoms with van der Waals surface area (Å²) in [7, 11) is 0. The molecule has 2 rings (SSSR count). The first kappa shape index (κ1) is 13.5. The van der Waals surface area contributed by atoms with E-state index < -0.39 is 22.6 Å². The van der Waals surface area contributed by atoms with Crippen LogP contribution in [0.4, 0.5) is 5.69 Å². The van der Waals surface area contributed by atoms with Gasteiger partial charge in [-0.3, -0.25) is 10.1 Å². The van der Waals surface area contributed by atoms with Crippen molar-refractivity contribution in [3.63, 3.8) is 0 Å². The summed E-state index contributed by atoms with van der Waals surface area (Å²) in [5, 5.41) is 37.7. The fraction of sp³-hybridized carbons (Fsp3) is 0.0769. The molecule has 0 spiro atoms. The van der Waals surface area contributed by atoms with Gasteiger partial charge in [0.25, 0.3) is 0 Å². The highest BCUT2D eigenvalue weighted by molar-refractivity contribution is 5.44. The summed E-state index contributed by atoms with van der Waals surface area (Å²) in [5.74, 6) is -0.808. The summed E-state index contributed by atoms with van der Waals surface area (Å²) >= 11 is 0. The average molecular weight is 273 g/mol. The number of nitro groups is 1. The molecule has 1 atom stereocenters. The first-order valence-corrected chi connectivity index (χ1v) is 5.70. The van der Waals surface area contributed by atoms with Crippen LogP contribution in [0.2, 0.25) is 0 Å². The van der Waals surface area contributed by atoms with Crippen LogP contribution in [0.5, 0.6) is 11.5 Å². The van der Waals surface area contributed by atoms with Crippen LogP contribution in [0.1, 0.15) is 11.7 Å². The number of hydrogen-bond acceptors (Lipinski definition) is 6. The van der Waals surface area contributed by atoms with Crippen molar-refractivity contribution in [1.82, 2.24) is 0 Å².